The van der Waals surface area contributed by atoms with Gasteiger partial charge < -0.3 is 16.0 Å². The Morgan fingerprint density at radius 3 is 2.66 bits per heavy atom. The summed E-state index contributed by atoms with van der Waals surface area (Å²) in [6.45, 7) is 4.19. The molecule has 0 unspecified atom stereocenters. The smallest absolute Gasteiger partial charge is 0.332 e. The zero-order valence-corrected chi connectivity index (χ0v) is 18.5. The summed E-state index contributed by atoms with van der Waals surface area (Å²) in [4.78, 5) is 49.2. The molecule has 0 aliphatic rings. The summed E-state index contributed by atoms with van der Waals surface area (Å²) in [7, 11) is 3.30. The Labute approximate surface area is 184 Å². The first-order chi connectivity index (χ1) is 15.3. The lowest BCUT2D eigenvalue weighted by Gasteiger charge is -2.17. The lowest BCUT2D eigenvalue weighted by molar-refractivity contribution is -0.116. The zero-order chi connectivity index (χ0) is 23.4. The molecular formula is C21H26N8O3. The predicted molar refractivity (Wildman–Crippen MR) is 123 cm³/mol. The van der Waals surface area contributed by atoms with Gasteiger partial charge in [0.2, 0.25) is 11.9 Å². The van der Waals surface area contributed by atoms with Crippen LogP contribution in [0.1, 0.15) is 12.5 Å². The van der Waals surface area contributed by atoms with Gasteiger partial charge in [0.1, 0.15) is 12.4 Å². The molecule has 3 heterocycles. The molecule has 11 heteroatoms. The van der Waals surface area contributed by atoms with Crippen LogP contribution in [0, 0.1) is 18.8 Å². The second-order valence-corrected chi connectivity index (χ2v) is 7.31. The average molecular weight is 438 g/mol. The van der Waals surface area contributed by atoms with Crippen LogP contribution in [0.25, 0.3) is 11.2 Å². The van der Waals surface area contributed by atoms with E-state index < -0.39 is 23.7 Å². The maximum absolute atomic E-state index is 13.3. The number of aromatic nitrogens is 5. The summed E-state index contributed by atoms with van der Waals surface area (Å²) in [5.74, 6) is 5.99. The van der Waals surface area contributed by atoms with Crippen molar-refractivity contribution in [2.24, 2.45) is 12.8 Å². The van der Waals surface area contributed by atoms with Crippen LogP contribution in [0.4, 0.5) is 11.8 Å². The lowest BCUT2D eigenvalue weighted by Crippen LogP contribution is -2.42. The molecule has 3 rings (SSSR count). The van der Waals surface area contributed by atoms with E-state index in [1.807, 2.05) is 6.92 Å². The SMILES string of the molecule is CC#CCn1c(N(C)CCN)nc2c1c(=O)n(CC(=O)Nc1ccc(C)cn1)c(=O)n2C. The highest BCUT2D eigenvalue weighted by Gasteiger charge is 2.22. The van der Waals surface area contributed by atoms with Gasteiger partial charge in [-0.15, -0.1) is 5.92 Å². The number of likely N-dealkylation sites (N-methyl/N-ethyl adjacent to an activating group) is 1. The van der Waals surface area contributed by atoms with Gasteiger partial charge in [-0.1, -0.05) is 12.0 Å². The number of aryl methyl sites for hydroxylation is 2. The van der Waals surface area contributed by atoms with Crippen molar-refractivity contribution < 1.29 is 4.79 Å². The molecule has 0 spiro atoms. The molecule has 3 N–H and O–H groups in total. The minimum absolute atomic E-state index is 0.190. The molecule has 0 aliphatic carbocycles. The van der Waals surface area contributed by atoms with Crippen molar-refractivity contribution in [1.82, 2.24) is 23.7 Å². The van der Waals surface area contributed by atoms with E-state index in [1.165, 1.54) is 11.6 Å². The van der Waals surface area contributed by atoms with E-state index in [9.17, 15) is 14.4 Å². The van der Waals surface area contributed by atoms with Gasteiger partial charge in [0.15, 0.2) is 11.2 Å². The average Bonchev–Trinajstić information content (AvgIpc) is 3.15. The fraction of sp³-hybridized carbons (Fsp3) is 0.381. The fourth-order valence-corrected chi connectivity index (χ4v) is 3.26. The molecular weight excluding hydrogens is 412 g/mol. The number of nitrogens with two attached hydrogens (primary N) is 1. The maximum atomic E-state index is 13.3. The molecule has 1 amide bonds. The van der Waals surface area contributed by atoms with E-state index in [1.54, 1.807) is 41.8 Å². The second kappa shape index (κ2) is 9.49. The molecule has 0 atom stereocenters. The van der Waals surface area contributed by atoms with Crippen molar-refractivity contribution in [3.8, 4) is 11.8 Å². The molecule has 32 heavy (non-hydrogen) atoms. The monoisotopic (exact) mass is 438 g/mol. The number of nitrogens with zero attached hydrogens (tertiary/aromatic N) is 6. The minimum atomic E-state index is -0.645. The van der Waals surface area contributed by atoms with Gasteiger partial charge in [-0.2, -0.15) is 4.98 Å². The Kier molecular flexibility index (Phi) is 6.75. The second-order valence-electron chi connectivity index (χ2n) is 7.31. The summed E-state index contributed by atoms with van der Waals surface area (Å²) in [5, 5.41) is 2.60. The topological polar surface area (TPSA) is 133 Å². The highest BCUT2D eigenvalue weighted by atomic mass is 16.2. The highest BCUT2D eigenvalue weighted by Crippen LogP contribution is 2.18. The molecule has 0 aromatic carbocycles. The van der Waals surface area contributed by atoms with Gasteiger partial charge in [-0.05, 0) is 25.5 Å². The summed E-state index contributed by atoms with van der Waals surface area (Å²) in [5.41, 5.74) is 5.75. The first kappa shape index (κ1) is 22.8. The van der Waals surface area contributed by atoms with Crippen molar-refractivity contribution in [2.45, 2.75) is 26.9 Å². The van der Waals surface area contributed by atoms with Gasteiger partial charge >= 0.3 is 5.69 Å². The van der Waals surface area contributed by atoms with Crippen LogP contribution in [0.2, 0.25) is 0 Å². The fourth-order valence-electron chi connectivity index (χ4n) is 3.26. The minimum Gasteiger partial charge on any atom is -0.344 e. The van der Waals surface area contributed by atoms with E-state index in [2.05, 4.69) is 27.1 Å². The standard InChI is InChI=1S/C21H26N8O3/c1-5-6-10-28-17-18(25-20(28)26(3)11-9-22)27(4)21(32)29(19(17)31)13-16(30)24-15-8-7-14(2)12-23-15/h7-8,12H,9-11,13,22H2,1-4H3,(H,23,24,30). The number of carbonyl (C=O) groups is 1. The van der Waals surface area contributed by atoms with E-state index >= 15 is 0 Å². The van der Waals surface area contributed by atoms with Crippen molar-refractivity contribution in [3.05, 3.63) is 44.7 Å². The third kappa shape index (κ3) is 4.40. The van der Waals surface area contributed by atoms with Crippen molar-refractivity contribution in [2.75, 3.05) is 30.4 Å². The number of imidazole rings is 1. The number of amides is 1. The number of nitrogens with one attached hydrogen (secondary N) is 1. The number of fused-ring (bicyclic) bond motifs is 1. The summed E-state index contributed by atoms with van der Waals surface area (Å²) >= 11 is 0. The third-order valence-corrected chi connectivity index (χ3v) is 4.91. The Balaban J connectivity index is 2.10. The Hall–Kier alpha value is -3.91. The highest BCUT2D eigenvalue weighted by molar-refractivity contribution is 5.89. The van der Waals surface area contributed by atoms with Crippen LogP contribution in [-0.2, 0) is 24.9 Å². The molecule has 0 bridgehead atoms. The van der Waals surface area contributed by atoms with Crippen LogP contribution in [0.15, 0.2) is 27.9 Å². The molecule has 3 aromatic heterocycles. The van der Waals surface area contributed by atoms with Crippen LogP contribution in [0.5, 0.6) is 0 Å². The first-order valence-corrected chi connectivity index (χ1v) is 10.0. The number of anilines is 2. The number of rotatable bonds is 7. The molecule has 11 nitrogen and oxygen atoms in total. The number of pyridine rings is 1. The van der Waals surface area contributed by atoms with Gasteiger partial charge in [-0.25, -0.2) is 14.3 Å². The molecule has 3 aromatic rings. The summed E-state index contributed by atoms with van der Waals surface area (Å²) < 4.78 is 3.78. The van der Waals surface area contributed by atoms with Crippen molar-refractivity contribution >= 4 is 28.8 Å². The predicted octanol–water partition coefficient (Wildman–Crippen LogP) is -0.343. The van der Waals surface area contributed by atoms with Gasteiger partial charge in [-0.3, -0.25) is 18.7 Å². The van der Waals surface area contributed by atoms with E-state index in [0.717, 1.165) is 10.1 Å². The lowest BCUT2D eigenvalue weighted by atomic mass is 10.3. The van der Waals surface area contributed by atoms with Crippen LogP contribution in [0.3, 0.4) is 0 Å². The molecule has 0 fully saturated rings. The largest absolute Gasteiger partial charge is 0.344 e. The summed E-state index contributed by atoms with van der Waals surface area (Å²) in [6, 6.07) is 3.45. The maximum Gasteiger partial charge on any atom is 0.332 e. The van der Waals surface area contributed by atoms with Crippen LogP contribution < -0.4 is 27.2 Å². The van der Waals surface area contributed by atoms with Gasteiger partial charge in [0.05, 0.1) is 6.54 Å². The van der Waals surface area contributed by atoms with Crippen LogP contribution in [-0.4, -0.2) is 49.7 Å². The molecule has 0 saturated heterocycles. The van der Waals surface area contributed by atoms with Gasteiger partial charge in [0.25, 0.3) is 5.56 Å². The van der Waals surface area contributed by atoms with Crippen molar-refractivity contribution in [1.29, 1.82) is 0 Å². The Morgan fingerprint density at radius 1 is 1.28 bits per heavy atom. The van der Waals surface area contributed by atoms with E-state index in [0.29, 0.717) is 24.9 Å². The van der Waals surface area contributed by atoms with Gasteiger partial charge in [0, 0.05) is 33.4 Å². The zero-order valence-electron chi connectivity index (χ0n) is 18.5. The molecule has 0 radical (unpaired) electrons. The third-order valence-electron chi connectivity index (χ3n) is 4.91. The normalized spacial score (nSPS) is 10.7. The Morgan fingerprint density at radius 2 is 2.03 bits per heavy atom. The van der Waals surface area contributed by atoms with E-state index in [-0.39, 0.29) is 17.7 Å². The number of hydrogen-bond donors (Lipinski definition) is 2. The number of hydrogen-bond acceptors (Lipinski definition) is 7. The molecule has 0 aliphatic heterocycles. The molecule has 168 valence electrons. The molecule has 0 saturated carbocycles. The first-order valence-electron chi connectivity index (χ1n) is 10.0. The van der Waals surface area contributed by atoms with Crippen molar-refractivity contribution in [3.63, 3.8) is 0 Å². The Bertz CT molecular complexity index is 1320. The summed E-state index contributed by atoms with van der Waals surface area (Å²) in [6.07, 6.45) is 1.61. The van der Waals surface area contributed by atoms with Crippen LogP contribution >= 0.6 is 0 Å². The quantitative estimate of drug-likeness (QED) is 0.482. The number of carbonyl (C=O) groups excluding carboxylic acids is 1. The van der Waals surface area contributed by atoms with E-state index in [4.69, 9.17) is 5.73 Å².